The van der Waals surface area contributed by atoms with E-state index in [1.165, 1.54) is 26.2 Å². The van der Waals surface area contributed by atoms with Gasteiger partial charge in [-0.15, -0.1) is 0 Å². The zero-order valence-corrected chi connectivity index (χ0v) is 78.9. The molecule has 2 fully saturated rings. The van der Waals surface area contributed by atoms with Gasteiger partial charge in [-0.05, 0) is 93.2 Å². The van der Waals surface area contributed by atoms with E-state index in [1.54, 1.807) is 94.8 Å². The van der Waals surface area contributed by atoms with E-state index in [-0.39, 0.29) is 125 Å². The number of hydrogen-bond donors (Lipinski definition) is 10. The summed E-state index contributed by atoms with van der Waals surface area (Å²) in [5.41, 5.74) is 1.40. The average molecular weight is 1780 g/mol. The minimum Gasteiger partial charge on any atom is -0.481 e. The normalized spacial score (nSPS) is 18.5. The van der Waals surface area contributed by atoms with Gasteiger partial charge in [0.1, 0.15) is 35.4 Å². The molecule has 2 saturated heterocycles. The Bertz CT molecular complexity index is 3510. The third-order valence-electron chi connectivity index (χ3n) is 22.8. The smallest absolute Gasteiger partial charge is 0.314 e. The van der Waals surface area contributed by atoms with E-state index >= 15 is 0 Å². The van der Waals surface area contributed by atoms with Crippen molar-refractivity contribution >= 4 is 114 Å². The average Bonchev–Trinajstić information content (AvgIpc) is 1.69. The molecule has 0 aliphatic carbocycles. The number of aliphatic hydroxyl groups is 2. The van der Waals surface area contributed by atoms with E-state index in [0.29, 0.717) is 43.5 Å². The van der Waals surface area contributed by atoms with Gasteiger partial charge in [-0.3, -0.25) is 57.5 Å². The lowest BCUT2D eigenvalue weighted by atomic mass is 9.89. The molecule has 9 amide bonds. The fourth-order valence-electron chi connectivity index (χ4n) is 15.6. The molecule has 2 aromatic carbocycles. The summed E-state index contributed by atoms with van der Waals surface area (Å²) in [4.78, 5) is 163. The van der Waals surface area contributed by atoms with Crippen LogP contribution in [-0.2, 0) is 76.5 Å². The maximum atomic E-state index is 14.4. The lowest BCUT2D eigenvalue weighted by Crippen LogP contribution is -2.60. The zero-order chi connectivity index (χ0) is 92.0. The van der Waals surface area contributed by atoms with Gasteiger partial charge in [0.15, 0.2) is 0 Å². The van der Waals surface area contributed by atoms with E-state index in [0.717, 1.165) is 62.4 Å². The first-order valence-electron chi connectivity index (χ1n) is 41.9. The zero-order valence-electron chi connectivity index (χ0n) is 75.7. The second-order valence-corrected chi connectivity index (χ2v) is 37.8. The number of aliphatic hydroxyl groups excluding tert-OH is 2. The third kappa shape index (κ3) is 34.6. The van der Waals surface area contributed by atoms with Crippen LogP contribution < -0.4 is 26.6 Å². The van der Waals surface area contributed by atoms with Crippen molar-refractivity contribution < 1.29 is 102 Å². The highest BCUT2D eigenvalue weighted by atomic mass is 33.1. The van der Waals surface area contributed by atoms with Crippen LogP contribution in [-0.4, -0.2) is 299 Å². The van der Waals surface area contributed by atoms with Gasteiger partial charge >= 0.3 is 17.9 Å². The molecular formula is C86H144N10O21S4. The number of carboxylic acids is 3. The number of nitrogens with one attached hydrogen (secondary N) is 5. The molecule has 0 bridgehead atoms. The summed E-state index contributed by atoms with van der Waals surface area (Å²) >= 11 is 0. The second kappa shape index (κ2) is 56.2. The second-order valence-electron chi connectivity index (χ2n) is 32.9. The first-order chi connectivity index (χ1) is 56.9. The van der Waals surface area contributed by atoms with Crippen molar-refractivity contribution in [1.82, 2.24) is 51.1 Å². The monoisotopic (exact) mass is 1780 g/mol. The molecule has 0 radical (unpaired) electrons. The maximum absolute atomic E-state index is 14.4. The highest BCUT2D eigenvalue weighted by Crippen LogP contribution is 2.34. The molecule has 0 spiro atoms. The van der Waals surface area contributed by atoms with Crippen LogP contribution in [0.25, 0.3) is 0 Å². The minimum absolute atomic E-state index is 0.0148. The van der Waals surface area contributed by atoms with Crippen molar-refractivity contribution in [2.75, 3.05) is 92.7 Å². The van der Waals surface area contributed by atoms with Crippen molar-refractivity contribution in [3.8, 4) is 0 Å². The largest absolute Gasteiger partial charge is 0.481 e. The van der Waals surface area contributed by atoms with E-state index in [9.17, 15) is 67.7 Å². The number of methoxy groups -OCH3 is 4. The lowest BCUT2D eigenvalue weighted by molar-refractivity contribution is -0.148. The number of amides is 9. The van der Waals surface area contributed by atoms with Crippen molar-refractivity contribution in [1.29, 1.82) is 0 Å². The Kier molecular flexibility index (Phi) is 51.2. The number of carbonyl (C=O) groups is 12. The minimum atomic E-state index is -0.988. The summed E-state index contributed by atoms with van der Waals surface area (Å²) in [6.07, 6.45) is -0.118. The molecule has 2 heterocycles. The van der Waals surface area contributed by atoms with Crippen LogP contribution >= 0.6 is 43.2 Å². The fourth-order valence-corrected chi connectivity index (χ4v) is 18.8. The number of likely N-dealkylation sites (N-methyl/N-ethyl adjacent to an activating group) is 4. The van der Waals surface area contributed by atoms with Crippen molar-refractivity contribution in [3.63, 3.8) is 0 Å². The van der Waals surface area contributed by atoms with Crippen LogP contribution in [0.3, 0.4) is 0 Å². The molecule has 35 heteroatoms. The molecular weight excluding hydrogens is 1640 g/mol. The van der Waals surface area contributed by atoms with E-state index < -0.39 is 127 Å². The molecule has 2 unspecified atom stereocenters. The predicted octanol–water partition coefficient (Wildman–Crippen LogP) is 8.30. The summed E-state index contributed by atoms with van der Waals surface area (Å²) in [6.45, 7) is 31.1. The number of benzene rings is 2. The Morgan fingerprint density at radius 2 is 0.777 bits per heavy atom. The Balaban J connectivity index is 0.000000742. The van der Waals surface area contributed by atoms with Gasteiger partial charge < -0.3 is 95.6 Å². The van der Waals surface area contributed by atoms with Crippen molar-refractivity contribution in [3.05, 3.63) is 71.8 Å². The molecule has 31 nitrogen and oxygen atoms in total. The van der Waals surface area contributed by atoms with Crippen molar-refractivity contribution in [2.24, 2.45) is 47.3 Å². The Hall–Kier alpha value is -6.80. The van der Waals surface area contributed by atoms with Crippen LogP contribution in [0.15, 0.2) is 60.7 Å². The number of carboxylic acid groups (broad SMARTS) is 3. The number of rotatable bonds is 50. The molecule has 2 aromatic rings. The number of ether oxygens (including phenoxy) is 4. The van der Waals surface area contributed by atoms with Gasteiger partial charge in [-0.2, -0.15) is 0 Å². The van der Waals surface area contributed by atoms with Gasteiger partial charge in [-0.1, -0.05) is 214 Å². The van der Waals surface area contributed by atoms with Gasteiger partial charge in [0, 0.05) is 62.7 Å². The molecule has 0 saturated carbocycles. The van der Waals surface area contributed by atoms with Crippen LogP contribution in [0.1, 0.15) is 185 Å². The predicted molar refractivity (Wildman–Crippen MR) is 476 cm³/mol. The van der Waals surface area contributed by atoms with Crippen molar-refractivity contribution in [2.45, 2.75) is 259 Å². The fraction of sp³-hybridized carbons (Fsp3) is 0.721. The SMILES string of the molecule is CC[C@H](C)C([C@@H](CC(=O)N1CCC[C@@H]1[C@@H](OC)[C@@H](C)C(=O)N[C@@H](C)[C@H](O)c1ccccc1)OC)N(C)C(=O)[C@@H](NC(=O)[C@@H](C(C)C)N(C)C(=O)CSSCC(=O)O)C(C)C.CC[C@H](C)C([C@@H](CC(=O)N1CCC[C@@H]1[C@@H](OC)[C@@H](C)C(=O)N[C@@H](C)[C@H](O)c1ccccc1)OC)N(C)C(=O)[C@@H](NC(=O)[C@H](NC)C(C)C)C(C)C.O=C(O)CSSCC(=O)O. The Labute approximate surface area is 734 Å². The van der Waals surface area contributed by atoms with Gasteiger partial charge in [0.2, 0.25) is 53.2 Å². The summed E-state index contributed by atoms with van der Waals surface area (Å²) in [7, 11) is 17.0. The molecule has 2 aliphatic rings. The maximum Gasteiger partial charge on any atom is 0.314 e. The van der Waals surface area contributed by atoms with Gasteiger partial charge in [0.05, 0.1) is 109 Å². The number of nitrogens with zero attached hydrogens (tertiary/aromatic N) is 5. The summed E-state index contributed by atoms with van der Waals surface area (Å²) in [5.74, 6) is -7.83. The van der Waals surface area contributed by atoms with Gasteiger partial charge in [0.25, 0.3) is 0 Å². The lowest BCUT2D eigenvalue weighted by Gasteiger charge is -2.41. The number of carbonyl (C=O) groups excluding carboxylic acids is 9. The molecule has 10 N–H and O–H groups in total. The Morgan fingerprint density at radius 1 is 0.446 bits per heavy atom. The van der Waals surface area contributed by atoms with E-state index in [1.807, 2.05) is 132 Å². The first-order valence-corrected chi connectivity index (χ1v) is 46.9. The summed E-state index contributed by atoms with van der Waals surface area (Å²) < 4.78 is 23.8. The molecule has 0 aromatic heterocycles. The van der Waals surface area contributed by atoms with Crippen LogP contribution in [0.4, 0.5) is 0 Å². The number of hydrogen-bond acceptors (Lipinski definition) is 23. The van der Waals surface area contributed by atoms with E-state index in [4.69, 9.17) is 34.3 Å². The molecule has 20 atom stereocenters. The highest BCUT2D eigenvalue weighted by Gasteiger charge is 2.47. The molecule has 121 heavy (non-hydrogen) atoms. The number of likely N-dealkylation sites (tertiary alicyclic amines) is 2. The van der Waals surface area contributed by atoms with Gasteiger partial charge in [-0.25, -0.2) is 0 Å². The number of aliphatic carboxylic acids is 3. The summed E-state index contributed by atoms with van der Waals surface area (Å²) in [5, 5.41) is 61.6. The van der Waals surface area contributed by atoms with Crippen LogP contribution in [0.2, 0.25) is 0 Å². The standard InChI is InChI=1S/C43H71N5O10S2.C39H67N5O7.C4H6O4S2/c1-13-27(6)38(47(10)43(56)36(25(2)3)45-42(55)37(26(4)5)46(9)34(50)23-59-60-24-35(51)52)32(57-11)22-33(49)48-21-17-20-31(48)40(58-12)28(7)41(54)44-29(8)39(53)30-18-15-14-16-19-30;1-13-25(6)34(43(10)39(49)33(24(4)5)42-38(48)32(40-9)23(2)3)30(50-11)22-31(45)44-21-17-20-29(44)36(51-12)26(7)37(47)41-27(8)35(46)28-18-15-14-16-19-28;5-3(6)1-9-10-2-4(7)8/h14-16,18-19,25-29,31-32,36-40,53H,13,17,20-24H2,1-12H3,(H,44,54)(H,45,55)(H,51,52);14-16,18-19,23-27,29-30,32-36,40,46H,13,17,20-22H2,1-12H3,(H,41,47)(H,42,48);1-2H2,(H,5,6)(H,7,8)/t27-,28+,29-,31+,32+,36-,37+,38?,39-,40-;25-,26+,27-,29+,30+,32+,33-,34?,35-,36-;/m00./s1. The molecule has 688 valence electrons. The first kappa shape index (κ1) is 110. The third-order valence-corrected chi connectivity index (χ3v) is 27.0. The quantitative estimate of drug-likeness (QED) is 0.0220. The van der Waals surface area contributed by atoms with E-state index in [2.05, 4.69) is 26.6 Å². The summed E-state index contributed by atoms with van der Waals surface area (Å²) in [6, 6.07) is 12.4. The van der Waals surface area contributed by atoms with Crippen LogP contribution in [0, 0.1) is 47.3 Å². The Morgan fingerprint density at radius 3 is 1.07 bits per heavy atom. The molecule has 2 aliphatic heterocycles. The topological polar surface area (TPSA) is 419 Å². The highest BCUT2D eigenvalue weighted by molar-refractivity contribution is 8.77. The van der Waals surface area contributed by atoms with Crippen LogP contribution in [0.5, 0.6) is 0 Å². The molecule has 4 rings (SSSR count).